The molecule has 6 heteroatoms. The van der Waals surface area contributed by atoms with Gasteiger partial charge in [0.15, 0.2) is 0 Å². The number of hydrogen-bond donors (Lipinski definition) is 2. The second-order valence-corrected chi connectivity index (χ2v) is 5.44. The van der Waals surface area contributed by atoms with Crippen molar-refractivity contribution < 1.29 is 4.74 Å². The first kappa shape index (κ1) is 13.5. The van der Waals surface area contributed by atoms with E-state index in [0.717, 1.165) is 41.4 Å². The highest BCUT2D eigenvalue weighted by molar-refractivity contribution is 9.10. The minimum atomic E-state index is 0.0450. The quantitative estimate of drug-likeness (QED) is 0.903. The average molecular weight is 335 g/mol. The zero-order valence-electron chi connectivity index (χ0n) is 10.8. The van der Waals surface area contributed by atoms with E-state index in [1.54, 1.807) is 12.4 Å². The van der Waals surface area contributed by atoms with Crippen molar-refractivity contribution in [1.82, 2.24) is 15.3 Å². The minimum absolute atomic E-state index is 0.0450. The van der Waals surface area contributed by atoms with Crippen LogP contribution >= 0.6 is 15.9 Å². The van der Waals surface area contributed by atoms with Gasteiger partial charge in [-0.3, -0.25) is 4.98 Å². The molecule has 5 nitrogen and oxygen atoms in total. The molecule has 0 saturated carbocycles. The summed E-state index contributed by atoms with van der Waals surface area (Å²) >= 11 is 3.36. The highest BCUT2D eigenvalue weighted by Gasteiger charge is 2.16. The lowest BCUT2D eigenvalue weighted by Gasteiger charge is -2.23. The van der Waals surface area contributed by atoms with Crippen LogP contribution in [0.3, 0.4) is 0 Å². The zero-order valence-corrected chi connectivity index (χ0v) is 12.4. The van der Waals surface area contributed by atoms with Gasteiger partial charge in [0.1, 0.15) is 11.9 Å². The van der Waals surface area contributed by atoms with Crippen LogP contribution in [0.25, 0.3) is 0 Å². The van der Waals surface area contributed by atoms with Gasteiger partial charge in [-0.15, -0.1) is 0 Å². The largest absolute Gasteiger partial charge is 0.369 e. The summed E-state index contributed by atoms with van der Waals surface area (Å²) in [7, 11) is 0. The van der Waals surface area contributed by atoms with E-state index in [-0.39, 0.29) is 6.10 Å². The lowest BCUT2D eigenvalue weighted by atomic mass is 10.2. The van der Waals surface area contributed by atoms with Gasteiger partial charge in [0.25, 0.3) is 0 Å². The van der Waals surface area contributed by atoms with Gasteiger partial charge in [0.05, 0.1) is 24.2 Å². The monoisotopic (exact) mass is 334 g/mol. The molecule has 1 aliphatic rings. The summed E-state index contributed by atoms with van der Waals surface area (Å²) in [5.41, 5.74) is 1.86. The van der Waals surface area contributed by atoms with Crippen molar-refractivity contribution >= 4 is 27.4 Å². The van der Waals surface area contributed by atoms with Gasteiger partial charge in [0, 0.05) is 23.8 Å². The maximum absolute atomic E-state index is 5.67. The Hall–Kier alpha value is -1.50. The van der Waals surface area contributed by atoms with Crippen LogP contribution < -0.4 is 10.6 Å². The Morgan fingerprint density at radius 1 is 1.20 bits per heavy atom. The van der Waals surface area contributed by atoms with Crippen molar-refractivity contribution in [1.29, 1.82) is 0 Å². The number of halogens is 1. The lowest BCUT2D eigenvalue weighted by Crippen LogP contribution is -2.33. The Morgan fingerprint density at radius 2 is 2.15 bits per heavy atom. The molecule has 0 spiro atoms. The van der Waals surface area contributed by atoms with E-state index in [4.69, 9.17) is 4.74 Å². The van der Waals surface area contributed by atoms with Crippen LogP contribution in [0, 0.1) is 0 Å². The molecule has 3 heterocycles. The number of aromatic nitrogens is 2. The van der Waals surface area contributed by atoms with E-state index in [9.17, 15) is 0 Å². The molecule has 0 unspecified atom stereocenters. The topological polar surface area (TPSA) is 59.1 Å². The fourth-order valence-electron chi connectivity index (χ4n) is 2.02. The normalized spacial score (nSPS) is 18.8. The maximum Gasteiger partial charge on any atom is 0.130 e. The average Bonchev–Trinajstić information content (AvgIpc) is 2.51. The van der Waals surface area contributed by atoms with Gasteiger partial charge < -0.3 is 15.4 Å². The van der Waals surface area contributed by atoms with Gasteiger partial charge >= 0.3 is 0 Å². The number of pyridine rings is 2. The molecule has 1 atom stereocenters. The molecule has 104 valence electrons. The highest BCUT2D eigenvalue weighted by atomic mass is 79.9. The lowest BCUT2D eigenvalue weighted by molar-refractivity contribution is 0.0250. The zero-order chi connectivity index (χ0) is 13.8. The Kier molecular flexibility index (Phi) is 4.25. The van der Waals surface area contributed by atoms with Gasteiger partial charge in [-0.25, -0.2) is 4.98 Å². The van der Waals surface area contributed by atoms with Crippen LogP contribution in [0.15, 0.2) is 41.1 Å². The molecule has 2 aromatic rings. The molecule has 2 aromatic heterocycles. The van der Waals surface area contributed by atoms with Crippen molar-refractivity contribution in [3.05, 3.63) is 46.8 Å². The SMILES string of the molecule is Brc1ccc(Nc2ccc([C@H]3CNCCO3)nc2)nc1. The number of hydrogen-bond acceptors (Lipinski definition) is 5. The maximum atomic E-state index is 5.67. The first-order chi connectivity index (χ1) is 9.81. The summed E-state index contributed by atoms with van der Waals surface area (Å²) in [6, 6.07) is 7.83. The Labute approximate surface area is 125 Å². The predicted octanol–water partition coefficient (Wildman–Crippen LogP) is 2.64. The Bertz CT molecular complexity index is 552. The van der Waals surface area contributed by atoms with E-state index in [0.29, 0.717) is 0 Å². The van der Waals surface area contributed by atoms with E-state index >= 15 is 0 Å². The Morgan fingerprint density at radius 3 is 2.80 bits per heavy atom. The summed E-state index contributed by atoms with van der Waals surface area (Å²) < 4.78 is 6.63. The van der Waals surface area contributed by atoms with Gasteiger partial charge in [0.2, 0.25) is 0 Å². The van der Waals surface area contributed by atoms with Crippen molar-refractivity contribution in [2.45, 2.75) is 6.10 Å². The van der Waals surface area contributed by atoms with Gasteiger partial charge in [-0.2, -0.15) is 0 Å². The number of ether oxygens (including phenoxy) is 1. The molecule has 1 aliphatic heterocycles. The fraction of sp³-hybridized carbons (Fsp3) is 0.286. The van der Waals surface area contributed by atoms with E-state index in [1.165, 1.54) is 0 Å². The van der Waals surface area contributed by atoms with Gasteiger partial charge in [-0.1, -0.05) is 0 Å². The summed E-state index contributed by atoms with van der Waals surface area (Å²) in [4.78, 5) is 8.72. The first-order valence-corrected chi connectivity index (χ1v) is 7.27. The number of morpholine rings is 1. The molecule has 0 aliphatic carbocycles. The molecule has 0 aromatic carbocycles. The number of rotatable bonds is 3. The van der Waals surface area contributed by atoms with E-state index < -0.39 is 0 Å². The third-order valence-electron chi connectivity index (χ3n) is 3.04. The smallest absolute Gasteiger partial charge is 0.130 e. The van der Waals surface area contributed by atoms with Crippen LogP contribution in [0.4, 0.5) is 11.5 Å². The van der Waals surface area contributed by atoms with E-state index in [1.807, 2.05) is 24.3 Å². The first-order valence-electron chi connectivity index (χ1n) is 6.48. The molecule has 2 N–H and O–H groups in total. The van der Waals surface area contributed by atoms with Crippen LogP contribution in [0.1, 0.15) is 11.8 Å². The van der Waals surface area contributed by atoms with E-state index in [2.05, 4.69) is 36.5 Å². The summed E-state index contributed by atoms with van der Waals surface area (Å²) in [5, 5.41) is 6.51. The van der Waals surface area contributed by atoms with Crippen LogP contribution in [0.2, 0.25) is 0 Å². The highest BCUT2D eigenvalue weighted by Crippen LogP contribution is 2.20. The Balaban J connectivity index is 1.67. The standard InChI is InChI=1S/C14H15BrN4O/c15-10-1-4-14(18-7-10)19-11-2-3-12(17-8-11)13-9-16-5-6-20-13/h1-4,7-8,13,16H,5-6,9H2,(H,18,19)/t13-/m1/s1. The van der Waals surface area contributed by atoms with Crippen molar-refractivity contribution in [3.8, 4) is 0 Å². The van der Waals surface area contributed by atoms with Crippen LogP contribution in [-0.2, 0) is 4.74 Å². The summed E-state index contributed by atoms with van der Waals surface area (Å²) in [6.07, 6.45) is 3.60. The minimum Gasteiger partial charge on any atom is -0.369 e. The molecule has 1 saturated heterocycles. The molecular formula is C14H15BrN4O. The molecule has 20 heavy (non-hydrogen) atoms. The molecule has 1 fully saturated rings. The summed E-state index contributed by atoms with van der Waals surface area (Å²) in [6.45, 7) is 2.45. The predicted molar refractivity (Wildman–Crippen MR) is 81.0 cm³/mol. The second kappa shape index (κ2) is 6.30. The third-order valence-corrected chi connectivity index (χ3v) is 3.51. The van der Waals surface area contributed by atoms with Crippen molar-refractivity contribution in [3.63, 3.8) is 0 Å². The molecule has 0 bridgehead atoms. The summed E-state index contributed by atoms with van der Waals surface area (Å²) in [5.74, 6) is 0.790. The van der Waals surface area contributed by atoms with Gasteiger partial charge in [-0.05, 0) is 40.2 Å². The molecule has 3 rings (SSSR count). The number of nitrogens with zero attached hydrogens (tertiary/aromatic N) is 2. The van der Waals surface area contributed by atoms with Crippen molar-refractivity contribution in [2.24, 2.45) is 0 Å². The molecule has 0 amide bonds. The number of anilines is 2. The number of nitrogens with one attached hydrogen (secondary N) is 2. The second-order valence-electron chi connectivity index (χ2n) is 4.52. The third kappa shape index (κ3) is 3.33. The van der Waals surface area contributed by atoms with Crippen molar-refractivity contribution in [2.75, 3.05) is 25.0 Å². The fourth-order valence-corrected chi connectivity index (χ4v) is 2.26. The molecular weight excluding hydrogens is 320 g/mol. The van der Waals surface area contributed by atoms with Crippen LogP contribution in [-0.4, -0.2) is 29.7 Å². The molecule has 0 radical (unpaired) electrons. The van der Waals surface area contributed by atoms with Crippen LogP contribution in [0.5, 0.6) is 0 Å².